The molecule has 4 heteroatoms. The van der Waals surface area contributed by atoms with Gasteiger partial charge in [-0.3, -0.25) is 4.79 Å². The lowest BCUT2D eigenvalue weighted by Crippen LogP contribution is -2.50. The molecule has 0 bridgehead atoms. The maximum Gasteiger partial charge on any atom is 0.254 e. The molecule has 3 atom stereocenters. The third-order valence-corrected chi connectivity index (χ3v) is 4.38. The third-order valence-electron chi connectivity index (χ3n) is 4.38. The molecule has 4 nitrogen and oxygen atoms in total. The average Bonchev–Trinajstić information content (AvgIpc) is 2.91. The van der Waals surface area contributed by atoms with E-state index < -0.39 is 5.60 Å². The number of nitrogens with one attached hydrogen (secondary N) is 1. The van der Waals surface area contributed by atoms with Gasteiger partial charge in [-0.1, -0.05) is 0 Å². The first kappa shape index (κ1) is 10.5. The first-order valence-electron chi connectivity index (χ1n) is 6.36. The molecular formula is C12H20N2O2. The lowest BCUT2D eigenvalue weighted by atomic mass is 9.99. The molecule has 3 aliphatic rings. The Labute approximate surface area is 96.3 Å². The monoisotopic (exact) mass is 224 g/mol. The predicted octanol–water partition coefficient (Wildman–Crippen LogP) is 0.376. The van der Waals surface area contributed by atoms with Crippen LogP contribution in [0.25, 0.3) is 0 Å². The van der Waals surface area contributed by atoms with Crippen molar-refractivity contribution in [2.24, 2.45) is 5.92 Å². The maximum atomic E-state index is 12.5. The number of carbonyl (C=O) groups excluding carboxylic acids is 1. The molecule has 16 heavy (non-hydrogen) atoms. The van der Waals surface area contributed by atoms with Gasteiger partial charge in [0.15, 0.2) is 0 Å². The number of nitrogens with zero attached hydrogens (tertiary/aromatic N) is 1. The normalized spacial score (nSPS) is 42.7. The smallest absolute Gasteiger partial charge is 0.254 e. The molecule has 3 saturated heterocycles. The Hall–Kier alpha value is -0.610. The van der Waals surface area contributed by atoms with E-state index in [1.807, 2.05) is 6.92 Å². The number of ether oxygens (including phenoxy) is 1. The molecular weight excluding hydrogens is 204 g/mol. The maximum absolute atomic E-state index is 12.5. The quantitative estimate of drug-likeness (QED) is 0.700. The number of hydrogen-bond donors (Lipinski definition) is 1. The molecule has 1 amide bonds. The summed E-state index contributed by atoms with van der Waals surface area (Å²) in [5.41, 5.74) is -0.530. The fourth-order valence-electron chi connectivity index (χ4n) is 3.35. The molecule has 0 aromatic rings. The topological polar surface area (TPSA) is 41.6 Å². The first-order valence-corrected chi connectivity index (χ1v) is 6.36. The number of amides is 1. The Morgan fingerprint density at radius 3 is 3.12 bits per heavy atom. The predicted molar refractivity (Wildman–Crippen MR) is 60.1 cm³/mol. The Morgan fingerprint density at radius 2 is 2.38 bits per heavy atom. The molecule has 0 spiro atoms. The zero-order valence-electron chi connectivity index (χ0n) is 9.87. The summed E-state index contributed by atoms with van der Waals surface area (Å²) in [5.74, 6) is 0.898. The number of fused-ring (bicyclic) bond motifs is 1. The highest BCUT2D eigenvalue weighted by molar-refractivity contribution is 5.85. The van der Waals surface area contributed by atoms with Crippen molar-refractivity contribution in [3.8, 4) is 0 Å². The average molecular weight is 224 g/mol. The number of rotatable bonds is 1. The van der Waals surface area contributed by atoms with Crippen LogP contribution in [0, 0.1) is 5.92 Å². The number of hydrogen-bond acceptors (Lipinski definition) is 3. The van der Waals surface area contributed by atoms with E-state index in [9.17, 15) is 4.79 Å². The zero-order chi connectivity index (χ0) is 11.2. The van der Waals surface area contributed by atoms with E-state index in [-0.39, 0.29) is 5.91 Å². The summed E-state index contributed by atoms with van der Waals surface area (Å²) in [6, 6.07) is 0.425. The highest BCUT2D eigenvalue weighted by atomic mass is 16.5. The summed E-state index contributed by atoms with van der Waals surface area (Å²) < 4.78 is 5.65. The largest absolute Gasteiger partial charge is 0.365 e. The fourth-order valence-corrected chi connectivity index (χ4v) is 3.35. The second-order valence-corrected chi connectivity index (χ2v) is 5.46. The van der Waals surface area contributed by atoms with Gasteiger partial charge in [0, 0.05) is 32.3 Å². The van der Waals surface area contributed by atoms with Crippen LogP contribution in [0.5, 0.6) is 0 Å². The zero-order valence-corrected chi connectivity index (χ0v) is 9.87. The Kier molecular flexibility index (Phi) is 2.44. The van der Waals surface area contributed by atoms with Gasteiger partial charge >= 0.3 is 0 Å². The van der Waals surface area contributed by atoms with E-state index in [2.05, 4.69) is 10.2 Å². The van der Waals surface area contributed by atoms with Gasteiger partial charge < -0.3 is 15.0 Å². The fraction of sp³-hybridized carbons (Fsp3) is 0.917. The molecule has 0 aliphatic carbocycles. The van der Waals surface area contributed by atoms with Crippen LogP contribution < -0.4 is 5.32 Å². The second kappa shape index (κ2) is 3.70. The van der Waals surface area contributed by atoms with Crippen LogP contribution in [0.1, 0.15) is 26.2 Å². The van der Waals surface area contributed by atoms with Crippen LogP contribution in [0.4, 0.5) is 0 Å². The van der Waals surface area contributed by atoms with Crippen LogP contribution in [0.3, 0.4) is 0 Å². The molecule has 0 saturated carbocycles. The van der Waals surface area contributed by atoms with E-state index in [0.29, 0.717) is 12.0 Å². The van der Waals surface area contributed by atoms with Crippen molar-refractivity contribution in [1.29, 1.82) is 0 Å². The molecule has 3 rings (SSSR count). The third kappa shape index (κ3) is 1.47. The summed E-state index contributed by atoms with van der Waals surface area (Å²) in [5, 5.41) is 3.38. The van der Waals surface area contributed by atoms with Crippen LogP contribution >= 0.6 is 0 Å². The summed E-state index contributed by atoms with van der Waals surface area (Å²) in [4.78, 5) is 14.6. The molecule has 3 heterocycles. The minimum Gasteiger partial charge on any atom is -0.365 e. The van der Waals surface area contributed by atoms with Crippen LogP contribution in [-0.2, 0) is 9.53 Å². The van der Waals surface area contributed by atoms with E-state index in [1.54, 1.807) is 0 Å². The summed E-state index contributed by atoms with van der Waals surface area (Å²) >= 11 is 0. The summed E-state index contributed by atoms with van der Waals surface area (Å²) in [6.07, 6.45) is 3.05. The van der Waals surface area contributed by atoms with Gasteiger partial charge in [0.2, 0.25) is 0 Å². The molecule has 1 unspecified atom stereocenters. The molecule has 0 aromatic carbocycles. The molecule has 0 radical (unpaired) electrons. The van der Waals surface area contributed by atoms with Gasteiger partial charge in [-0.2, -0.15) is 0 Å². The van der Waals surface area contributed by atoms with Crippen molar-refractivity contribution >= 4 is 5.91 Å². The summed E-state index contributed by atoms with van der Waals surface area (Å²) in [6.45, 7) is 5.66. The van der Waals surface area contributed by atoms with Crippen molar-refractivity contribution < 1.29 is 9.53 Å². The number of carbonyl (C=O) groups is 1. The highest BCUT2D eigenvalue weighted by Gasteiger charge is 2.47. The molecule has 3 fully saturated rings. The van der Waals surface area contributed by atoms with Crippen molar-refractivity contribution in [2.45, 2.75) is 37.8 Å². The Bertz CT molecular complexity index is 299. The molecule has 3 aliphatic heterocycles. The van der Waals surface area contributed by atoms with E-state index in [4.69, 9.17) is 4.74 Å². The number of likely N-dealkylation sites (tertiary alicyclic amines) is 1. The van der Waals surface area contributed by atoms with Gasteiger partial charge in [0.25, 0.3) is 5.91 Å². The Morgan fingerprint density at radius 1 is 1.50 bits per heavy atom. The van der Waals surface area contributed by atoms with Crippen LogP contribution in [-0.4, -0.2) is 48.7 Å². The van der Waals surface area contributed by atoms with Crippen LogP contribution in [0.15, 0.2) is 0 Å². The van der Waals surface area contributed by atoms with Gasteiger partial charge in [0.05, 0.1) is 0 Å². The van der Waals surface area contributed by atoms with E-state index in [1.165, 1.54) is 0 Å². The molecule has 1 N–H and O–H groups in total. The minimum absolute atomic E-state index is 0.223. The summed E-state index contributed by atoms with van der Waals surface area (Å²) in [7, 11) is 0. The van der Waals surface area contributed by atoms with Crippen molar-refractivity contribution in [2.75, 3.05) is 26.2 Å². The van der Waals surface area contributed by atoms with Gasteiger partial charge in [-0.15, -0.1) is 0 Å². The van der Waals surface area contributed by atoms with E-state index >= 15 is 0 Å². The van der Waals surface area contributed by atoms with Gasteiger partial charge in [-0.05, 0) is 32.1 Å². The molecule has 90 valence electrons. The SMILES string of the molecule is CC1(C(=O)N2CC[C@H]3CNC[C@H]32)CCCO1. The van der Waals surface area contributed by atoms with Crippen molar-refractivity contribution in [1.82, 2.24) is 10.2 Å². The molecule has 0 aromatic heterocycles. The lowest BCUT2D eigenvalue weighted by molar-refractivity contribution is -0.151. The minimum atomic E-state index is -0.530. The van der Waals surface area contributed by atoms with Gasteiger partial charge in [0.1, 0.15) is 5.60 Å². The van der Waals surface area contributed by atoms with E-state index in [0.717, 1.165) is 45.5 Å². The lowest BCUT2D eigenvalue weighted by Gasteiger charge is -2.31. The second-order valence-electron chi connectivity index (χ2n) is 5.46. The highest BCUT2D eigenvalue weighted by Crippen LogP contribution is 2.33. The van der Waals surface area contributed by atoms with Crippen LogP contribution in [0.2, 0.25) is 0 Å². The standard InChI is InChI=1S/C12H20N2O2/c1-12(4-2-6-16-12)11(15)14-5-3-9-7-13-8-10(9)14/h9-10,13H,2-8H2,1H3/t9-,10+,12?/m0/s1. The van der Waals surface area contributed by atoms with Crippen molar-refractivity contribution in [3.05, 3.63) is 0 Å². The Balaban J connectivity index is 1.75. The van der Waals surface area contributed by atoms with Gasteiger partial charge in [-0.25, -0.2) is 0 Å². The van der Waals surface area contributed by atoms with Crippen molar-refractivity contribution in [3.63, 3.8) is 0 Å². The first-order chi connectivity index (χ1) is 7.71.